The van der Waals surface area contributed by atoms with Crippen molar-refractivity contribution < 1.29 is 9.72 Å². The number of halogens is 1. The van der Waals surface area contributed by atoms with Crippen LogP contribution in [0.3, 0.4) is 0 Å². The summed E-state index contributed by atoms with van der Waals surface area (Å²) in [7, 11) is 0. The van der Waals surface area contributed by atoms with Gasteiger partial charge in [0, 0.05) is 6.54 Å². The number of anilines is 1. The average Bonchev–Trinajstić information content (AvgIpc) is 2.37. The lowest BCUT2D eigenvalue weighted by atomic mass is 10.0. The number of nitrogens with zero attached hydrogens (tertiary/aromatic N) is 4. The lowest BCUT2D eigenvalue weighted by Crippen LogP contribution is -2.48. The molecule has 1 aromatic rings. The standard InChI is InChI=1S/C11H14ClN5O3/c1-6-8(17(19)20)10(15-11(12)14-6)16-5-3-2-4-7(16)9(13)18/h7H,2-5H2,1H3,(H2,13,18). The molecule has 8 nitrogen and oxygen atoms in total. The first-order valence-corrected chi connectivity index (χ1v) is 6.54. The van der Waals surface area contributed by atoms with Gasteiger partial charge in [-0.2, -0.15) is 4.98 Å². The number of amides is 1. The van der Waals surface area contributed by atoms with Crippen molar-refractivity contribution in [2.24, 2.45) is 5.73 Å². The quantitative estimate of drug-likeness (QED) is 0.509. The highest BCUT2D eigenvalue weighted by Gasteiger charge is 2.34. The van der Waals surface area contributed by atoms with E-state index in [0.717, 1.165) is 12.8 Å². The summed E-state index contributed by atoms with van der Waals surface area (Å²) in [6, 6.07) is -0.604. The largest absolute Gasteiger partial charge is 0.368 e. The smallest absolute Gasteiger partial charge is 0.332 e. The van der Waals surface area contributed by atoms with E-state index in [1.54, 1.807) is 4.90 Å². The van der Waals surface area contributed by atoms with Crippen LogP contribution in [-0.4, -0.2) is 33.4 Å². The third-order valence-corrected chi connectivity index (χ3v) is 3.47. The van der Waals surface area contributed by atoms with Gasteiger partial charge < -0.3 is 10.6 Å². The number of nitro groups is 1. The van der Waals surface area contributed by atoms with Crippen molar-refractivity contribution in [2.75, 3.05) is 11.4 Å². The molecule has 1 aliphatic heterocycles. The number of aryl methyl sites for hydroxylation is 1. The van der Waals surface area contributed by atoms with Crippen LogP contribution in [0.1, 0.15) is 25.0 Å². The SMILES string of the molecule is Cc1nc(Cl)nc(N2CCCCC2C(N)=O)c1[N+](=O)[O-]. The molecule has 1 atom stereocenters. The van der Waals surface area contributed by atoms with Crippen LogP contribution in [0.25, 0.3) is 0 Å². The number of primary amides is 1. The Morgan fingerprint density at radius 2 is 2.20 bits per heavy atom. The van der Waals surface area contributed by atoms with Crippen molar-refractivity contribution in [1.29, 1.82) is 0 Å². The predicted octanol–water partition coefficient (Wildman–Crippen LogP) is 1.19. The molecule has 1 aliphatic rings. The molecular formula is C11H14ClN5O3. The van der Waals surface area contributed by atoms with E-state index in [9.17, 15) is 14.9 Å². The molecule has 108 valence electrons. The zero-order valence-electron chi connectivity index (χ0n) is 10.9. The van der Waals surface area contributed by atoms with E-state index in [1.165, 1.54) is 6.92 Å². The van der Waals surface area contributed by atoms with Gasteiger partial charge in [0.25, 0.3) is 0 Å². The molecular weight excluding hydrogens is 286 g/mol. The Bertz CT molecular complexity index is 565. The highest BCUT2D eigenvalue weighted by atomic mass is 35.5. The molecule has 0 aromatic carbocycles. The molecule has 1 aromatic heterocycles. The molecule has 0 aliphatic carbocycles. The van der Waals surface area contributed by atoms with Crippen molar-refractivity contribution in [3.05, 3.63) is 21.1 Å². The van der Waals surface area contributed by atoms with Crippen LogP contribution in [0, 0.1) is 17.0 Å². The minimum atomic E-state index is -0.604. The van der Waals surface area contributed by atoms with E-state index in [0.29, 0.717) is 13.0 Å². The van der Waals surface area contributed by atoms with Gasteiger partial charge in [-0.05, 0) is 37.8 Å². The molecule has 2 heterocycles. The Morgan fingerprint density at radius 3 is 2.80 bits per heavy atom. The Morgan fingerprint density at radius 1 is 1.50 bits per heavy atom. The van der Waals surface area contributed by atoms with E-state index < -0.39 is 16.9 Å². The van der Waals surface area contributed by atoms with Gasteiger partial charge in [-0.15, -0.1) is 0 Å². The van der Waals surface area contributed by atoms with Gasteiger partial charge in [0.15, 0.2) is 0 Å². The number of nitrogens with two attached hydrogens (primary N) is 1. The van der Waals surface area contributed by atoms with Gasteiger partial charge >= 0.3 is 5.69 Å². The first-order valence-electron chi connectivity index (χ1n) is 6.16. The third-order valence-electron chi connectivity index (χ3n) is 3.30. The number of hydrogen-bond donors (Lipinski definition) is 1. The fraction of sp³-hybridized carbons (Fsp3) is 0.545. The lowest BCUT2D eigenvalue weighted by Gasteiger charge is -2.34. The molecule has 1 unspecified atom stereocenters. The zero-order chi connectivity index (χ0) is 14.9. The molecule has 0 spiro atoms. The van der Waals surface area contributed by atoms with Gasteiger partial charge in [0.1, 0.15) is 11.7 Å². The summed E-state index contributed by atoms with van der Waals surface area (Å²) in [5.41, 5.74) is 5.30. The maximum Gasteiger partial charge on any atom is 0.332 e. The van der Waals surface area contributed by atoms with Crippen molar-refractivity contribution in [1.82, 2.24) is 9.97 Å². The van der Waals surface area contributed by atoms with Crippen molar-refractivity contribution in [3.8, 4) is 0 Å². The van der Waals surface area contributed by atoms with Gasteiger partial charge in [-0.1, -0.05) is 0 Å². The van der Waals surface area contributed by atoms with Crippen LogP contribution in [-0.2, 0) is 4.79 Å². The number of piperidine rings is 1. The number of hydrogen-bond acceptors (Lipinski definition) is 6. The molecule has 2 N–H and O–H groups in total. The van der Waals surface area contributed by atoms with Crippen molar-refractivity contribution in [3.63, 3.8) is 0 Å². The molecule has 1 amide bonds. The van der Waals surface area contributed by atoms with E-state index >= 15 is 0 Å². The topological polar surface area (TPSA) is 115 Å². The Labute approximate surface area is 120 Å². The molecule has 2 rings (SSSR count). The van der Waals surface area contributed by atoms with Crippen LogP contribution in [0.5, 0.6) is 0 Å². The summed E-state index contributed by atoms with van der Waals surface area (Å²) in [6.45, 7) is 1.96. The van der Waals surface area contributed by atoms with E-state index in [2.05, 4.69) is 9.97 Å². The van der Waals surface area contributed by atoms with Crippen LogP contribution < -0.4 is 10.6 Å². The lowest BCUT2D eigenvalue weighted by molar-refractivity contribution is -0.385. The second-order valence-corrected chi connectivity index (χ2v) is 4.95. The number of rotatable bonds is 3. The van der Waals surface area contributed by atoms with Crippen LogP contribution in [0.2, 0.25) is 5.28 Å². The molecule has 0 radical (unpaired) electrons. The maximum absolute atomic E-state index is 11.5. The Kier molecular flexibility index (Phi) is 4.03. The van der Waals surface area contributed by atoms with Crippen LogP contribution in [0.4, 0.5) is 11.5 Å². The highest BCUT2D eigenvalue weighted by Crippen LogP contribution is 2.33. The first kappa shape index (κ1) is 14.4. The van der Waals surface area contributed by atoms with Crippen molar-refractivity contribution >= 4 is 29.0 Å². The Balaban J connectivity index is 2.54. The summed E-state index contributed by atoms with van der Waals surface area (Å²) in [5.74, 6) is -0.456. The molecule has 0 bridgehead atoms. The maximum atomic E-state index is 11.5. The normalized spacial score (nSPS) is 18.9. The molecule has 20 heavy (non-hydrogen) atoms. The van der Waals surface area contributed by atoms with E-state index in [-0.39, 0.29) is 22.5 Å². The first-order chi connectivity index (χ1) is 9.41. The average molecular weight is 300 g/mol. The van der Waals surface area contributed by atoms with Crippen molar-refractivity contribution in [2.45, 2.75) is 32.2 Å². The summed E-state index contributed by atoms with van der Waals surface area (Å²) < 4.78 is 0. The molecule has 9 heteroatoms. The number of carbonyl (C=O) groups excluding carboxylic acids is 1. The molecule has 1 fully saturated rings. The number of carbonyl (C=O) groups is 1. The minimum Gasteiger partial charge on any atom is -0.368 e. The van der Waals surface area contributed by atoms with Crippen LogP contribution >= 0.6 is 11.6 Å². The van der Waals surface area contributed by atoms with Gasteiger partial charge in [-0.25, -0.2) is 4.98 Å². The summed E-state index contributed by atoms with van der Waals surface area (Å²) in [6.07, 6.45) is 2.20. The van der Waals surface area contributed by atoms with E-state index in [1.807, 2.05) is 0 Å². The zero-order valence-corrected chi connectivity index (χ0v) is 11.6. The monoisotopic (exact) mass is 299 g/mol. The minimum absolute atomic E-state index is 0.0657. The molecule has 1 saturated heterocycles. The summed E-state index contributed by atoms with van der Waals surface area (Å²) in [4.78, 5) is 31.5. The highest BCUT2D eigenvalue weighted by molar-refractivity contribution is 6.28. The summed E-state index contributed by atoms with van der Waals surface area (Å²) >= 11 is 5.79. The second kappa shape index (κ2) is 5.58. The Hall–Kier alpha value is -1.96. The van der Waals surface area contributed by atoms with Crippen LogP contribution in [0.15, 0.2) is 0 Å². The van der Waals surface area contributed by atoms with E-state index in [4.69, 9.17) is 17.3 Å². The van der Waals surface area contributed by atoms with Gasteiger partial charge in [0.2, 0.25) is 17.0 Å². The second-order valence-electron chi connectivity index (χ2n) is 4.61. The predicted molar refractivity (Wildman–Crippen MR) is 72.6 cm³/mol. The molecule has 0 saturated carbocycles. The number of aromatic nitrogens is 2. The van der Waals surface area contributed by atoms with Gasteiger partial charge in [-0.3, -0.25) is 14.9 Å². The van der Waals surface area contributed by atoms with Gasteiger partial charge in [0.05, 0.1) is 4.92 Å². The third kappa shape index (κ3) is 2.64. The fourth-order valence-electron chi connectivity index (χ4n) is 2.41. The summed E-state index contributed by atoms with van der Waals surface area (Å²) in [5, 5.41) is 11.1. The fourth-order valence-corrected chi connectivity index (χ4v) is 2.62.